The normalized spacial score (nSPS) is 14.5. The summed E-state index contributed by atoms with van der Waals surface area (Å²) in [5.41, 5.74) is 0. The molecule has 0 aromatic carbocycles. The van der Waals surface area contributed by atoms with Crippen LogP contribution in [-0.2, 0) is 27.9 Å². The molecule has 1 N–H and O–H groups in total. The molecule has 0 heterocycles. The third-order valence-electron chi connectivity index (χ3n) is 14.3. The van der Waals surface area contributed by atoms with Crippen LogP contribution < -0.4 is 10.2 Å². The smallest absolute Gasteiger partial charge is 0.306 e. The largest absolute Gasteiger partial charge is 0.756 e. The number of carbonyl (C=O) groups is 2. The lowest BCUT2D eigenvalue weighted by molar-refractivity contribution is -0.870. The highest BCUT2D eigenvalue weighted by molar-refractivity contribution is 7.45. The number of unbranched alkanes of at least 4 members (excludes halogenated alkanes) is 22. The number of carbonyl (C=O) groups excluding carboxylic acids is 2. The minimum atomic E-state index is -4.72. The highest BCUT2D eigenvalue weighted by atomic mass is 31.2. The van der Waals surface area contributed by atoms with Crippen molar-refractivity contribution in [3.05, 3.63) is 146 Å². The summed E-state index contributed by atoms with van der Waals surface area (Å²) in [5.74, 6) is -0.580. The van der Waals surface area contributed by atoms with Gasteiger partial charge in [-0.3, -0.25) is 14.2 Å². The number of phosphoric ester groups is 1. The lowest BCUT2D eigenvalue weighted by Crippen LogP contribution is -2.47. The van der Waals surface area contributed by atoms with Gasteiger partial charge in [0.15, 0.2) is 0 Å². The highest BCUT2D eigenvalue weighted by Gasteiger charge is 2.27. The maximum Gasteiger partial charge on any atom is 0.306 e. The van der Waals surface area contributed by atoms with Crippen molar-refractivity contribution >= 4 is 19.7 Å². The van der Waals surface area contributed by atoms with Crippen LogP contribution in [0.2, 0.25) is 0 Å². The molecule has 0 spiro atoms. The highest BCUT2D eigenvalue weighted by Crippen LogP contribution is 2.38. The molecule has 0 aliphatic heterocycles. The Hall–Kier alpha value is -4.11. The van der Waals surface area contributed by atoms with Crippen molar-refractivity contribution in [2.24, 2.45) is 0 Å². The number of ether oxygens (including phenoxy) is 1. The molecular formula is C75H127N2O7P. The Balaban J connectivity index is 5.16. The van der Waals surface area contributed by atoms with E-state index in [9.17, 15) is 19.0 Å². The van der Waals surface area contributed by atoms with E-state index in [4.69, 9.17) is 13.8 Å². The number of nitrogens with zero attached hydrogens (tertiary/aromatic N) is 1. The van der Waals surface area contributed by atoms with E-state index in [-0.39, 0.29) is 31.3 Å². The van der Waals surface area contributed by atoms with Crippen LogP contribution in [0.1, 0.15) is 265 Å². The number of esters is 1. The van der Waals surface area contributed by atoms with E-state index in [0.29, 0.717) is 23.9 Å². The van der Waals surface area contributed by atoms with Crippen LogP contribution in [0, 0.1) is 0 Å². The SMILES string of the molecule is CC/C=C\C/C=C\C/C=C\C/C=C\C/C=C\C/C=C\CCCCCCCCC(=O)NC(COP(=O)([O-])OCC[N+](C)(C)C)C(/C=C/CCCCCCCCCCC)OC(=O)CCCCCCCCC/C=C\C/C=C\C/C=C\C/C=C\C/C=C\CC. The van der Waals surface area contributed by atoms with Gasteiger partial charge in [0, 0.05) is 12.8 Å². The lowest BCUT2D eigenvalue weighted by Gasteiger charge is -2.30. The monoisotopic (exact) mass is 1200 g/mol. The van der Waals surface area contributed by atoms with Crippen molar-refractivity contribution in [3.63, 3.8) is 0 Å². The third kappa shape index (κ3) is 64.2. The first-order valence-corrected chi connectivity index (χ1v) is 35.6. The maximum absolute atomic E-state index is 13.6. The fraction of sp³-hybridized carbons (Fsp3) is 0.653. The second-order valence-electron chi connectivity index (χ2n) is 23.6. The summed E-state index contributed by atoms with van der Waals surface area (Å²) < 4.78 is 30.4. The average Bonchev–Trinajstić information content (AvgIpc) is 3.64. The first kappa shape index (κ1) is 80.9. The molecule has 0 saturated heterocycles. The quantitative estimate of drug-likeness (QED) is 0.0212. The standard InChI is InChI=1S/C75H127N2O7P/c1-7-10-13-16-19-22-25-27-29-31-33-35-37-38-40-41-43-45-47-49-52-55-58-61-64-67-74(78)76-72(71-83-85(80,81)82-70-69-77(4,5)6)73(66-63-60-57-54-51-24-21-18-15-12-9-3)84-75(79)68-65-62-59-56-53-50-48-46-44-42-39-36-34-32-30-28-26-23-20-17-14-11-8-2/h10-11,13-14,19-20,22-23,27-30,33-36,38,40,42-45,63,66,72-73H,7-9,12,15-18,21,24-26,31-32,37,39,41,46-62,64-65,67-71H2,1-6H3,(H-,76,78,80,81)/b13-10-,14-11-,22-19-,23-20-,29-27-,30-28-,35-33-,36-34-,40-38-,44-42-,45-43-,66-63+. The summed E-state index contributed by atoms with van der Waals surface area (Å²) in [6.07, 6.45) is 91.0. The Morgan fingerprint density at radius 2 is 0.753 bits per heavy atom. The molecular weight excluding hydrogens is 1070 g/mol. The minimum absolute atomic E-state index is 0.0357. The summed E-state index contributed by atoms with van der Waals surface area (Å²) in [6, 6.07) is -0.913. The minimum Gasteiger partial charge on any atom is -0.756 e. The first-order chi connectivity index (χ1) is 41.4. The molecule has 9 nitrogen and oxygen atoms in total. The van der Waals surface area contributed by atoms with Crippen LogP contribution in [0.5, 0.6) is 0 Å². The molecule has 0 aromatic heterocycles. The van der Waals surface area contributed by atoms with E-state index in [0.717, 1.165) is 154 Å². The van der Waals surface area contributed by atoms with Crippen LogP contribution in [0.25, 0.3) is 0 Å². The molecule has 3 unspecified atom stereocenters. The van der Waals surface area contributed by atoms with E-state index < -0.39 is 26.6 Å². The Morgan fingerprint density at radius 3 is 1.13 bits per heavy atom. The second kappa shape index (κ2) is 62.9. The number of likely N-dealkylation sites (N-methyl/N-ethyl adjacent to an activating group) is 1. The van der Waals surface area contributed by atoms with Crippen molar-refractivity contribution < 1.29 is 37.3 Å². The van der Waals surface area contributed by atoms with Crippen LogP contribution in [0.15, 0.2) is 146 Å². The van der Waals surface area contributed by atoms with Crippen molar-refractivity contribution in [1.29, 1.82) is 0 Å². The zero-order valence-electron chi connectivity index (χ0n) is 55.3. The van der Waals surface area contributed by atoms with E-state index >= 15 is 0 Å². The number of hydrogen-bond donors (Lipinski definition) is 1. The molecule has 0 bridgehead atoms. The van der Waals surface area contributed by atoms with Gasteiger partial charge in [0.2, 0.25) is 5.91 Å². The van der Waals surface area contributed by atoms with Gasteiger partial charge in [-0.05, 0) is 128 Å². The average molecular weight is 1200 g/mol. The predicted octanol–water partition coefficient (Wildman–Crippen LogP) is 21.1. The van der Waals surface area contributed by atoms with Gasteiger partial charge in [0.25, 0.3) is 7.82 Å². The van der Waals surface area contributed by atoms with Crippen LogP contribution in [0.3, 0.4) is 0 Å². The number of rotatable bonds is 60. The Bertz CT molecular complexity index is 1960. The molecule has 0 rings (SSSR count). The van der Waals surface area contributed by atoms with Crippen LogP contribution in [-0.4, -0.2) is 69.4 Å². The number of quaternary nitrogens is 1. The molecule has 0 saturated carbocycles. The molecule has 0 aliphatic rings. The van der Waals surface area contributed by atoms with E-state index in [1.807, 2.05) is 33.3 Å². The fourth-order valence-electron chi connectivity index (χ4n) is 9.08. The lowest BCUT2D eigenvalue weighted by atomic mass is 10.1. The third-order valence-corrected chi connectivity index (χ3v) is 15.2. The van der Waals surface area contributed by atoms with Crippen molar-refractivity contribution in [3.8, 4) is 0 Å². The molecule has 0 radical (unpaired) electrons. The maximum atomic E-state index is 13.6. The number of hydrogen-bond acceptors (Lipinski definition) is 7. The summed E-state index contributed by atoms with van der Waals surface area (Å²) in [6.45, 7) is 6.58. The van der Waals surface area contributed by atoms with Gasteiger partial charge in [0.1, 0.15) is 19.3 Å². The molecule has 484 valence electrons. The van der Waals surface area contributed by atoms with Gasteiger partial charge >= 0.3 is 5.97 Å². The van der Waals surface area contributed by atoms with E-state index in [1.165, 1.54) is 64.2 Å². The zero-order chi connectivity index (χ0) is 62.1. The molecule has 0 aliphatic carbocycles. The summed E-state index contributed by atoms with van der Waals surface area (Å²) in [5, 5.41) is 3.02. The number of phosphoric acid groups is 1. The summed E-state index contributed by atoms with van der Waals surface area (Å²) in [7, 11) is 1.15. The van der Waals surface area contributed by atoms with Gasteiger partial charge in [0.05, 0.1) is 33.8 Å². The fourth-order valence-corrected chi connectivity index (χ4v) is 9.80. The van der Waals surface area contributed by atoms with Crippen LogP contribution >= 0.6 is 7.82 Å². The van der Waals surface area contributed by atoms with E-state index in [1.54, 1.807) is 0 Å². The van der Waals surface area contributed by atoms with Crippen molar-refractivity contribution in [1.82, 2.24) is 5.32 Å². The van der Waals surface area contributed by atoms with Gasteiger partial charge < -0.3 is 28.5 Å². The first-order valence-electron chi connectivity index (χ1n) is 34.1. The summed E-state index contributed by atoms with van der Waals surface area (Å²) >= 11 is 0. The molecule has 3 atom stereocenters. The zero-order valence-corrected chi connectivity index (χ0v) is 56.1. The molecule has 1 amide bonds. The van der Waals surface area contributed by atoms with Crippen molar-refractivity contribution in [2.45, 2.75) is 277 Å². The Labute approximate surface area is 523 Å². The topological polar surface area (TPSA) is 114 Å². The predicted molar refractivity (Wildman–Crippen MR) is 366 cm³/mol. The van der Waals surface area contributed by atoms with Gasteiger partial charge in [-0.1, -0.05) is 270 Å². The van der Waals surface area contributed by atoms with E-state index in [2.05, 4.69) is 160 Å². The number of amides is 1. The van der Waals surface area contributed by atoms with Gasteiger partial charge in [-0.2, -0.15) is 0 Å². The van der Waals surface area contributed by atoms with Gasteiger partial charge in [-0.15, -0.1) is 0 Å². The molecule has 0 fully saturated rings. The van der Waals surface area contributed by atoms with Crippen LogP contribution in [0.4, 0.5) is 0 Å². The van der Waals surface area contributed by atoms with Gasteiger partial charge in [-0.25, -0.2) is 0 Å². The number of nitrogens with one attached hydrogen (secondary N) is 1. The Morgan fingerprint density at radius 1 is 0.424 bits per heavy atom. The molecule has 10 heteroatoms. The molecule has 0 aromatic rings. The van der Waals surface area contributed by atoms with Crippen molar-refractivity contribution in [2.75, 3.05) is 40.9 Å². The second-order valence-corrected chi connectivity index (χ2v) is 25.0. The summed E-state index contributed by atoms with van der Waals surface area (Å²) in [4.78, 5) is 40.1. The molecule has 85 heavy (non-hydrogen) atoms. The number of allylic oxidation sites excluding steroid dienone is 23. The Kier molecular flexibility index (Phi) is 59.9.